The molecular weight excluding hydrogens is 334 g/mol. The number of nitrogens with one attached hydrogen (secondary N) is 1. The molecule has 7 heteroatoms. The lowest BCUT2D eigenvalue weighted by atomic mass is 10.1. The van der Waals surface area contributed by atoms with Crippen LogP contribution in [0.15, 0.2) is 28.7 Å². The molecule has 2 aromatic rings. The number of nitrogens with two attached hydrogens (primary N) is 1. The second-order valence-corrected chi connectivity index (χ2v) is 5.48. The van der Waals surface area contributed by atoms with Gasteiger partial charge in [-0.25, -0.2) is 0 Å². The topological polar surface area (TPSA) is 86.0 Å². The highest BCUT2D eigenvalue weighted by molar-refractivity contribution is 9.10. The summed E-state index contributed by atoms with van der Waals surface area (Å²) in [6.45, 7) is 4.58. The highest BCUT2D eigenvalue weighted by atomic mass is 79.9. The van der Waals surface area contributed by atoms with E-state index < -0.39 is 0 Å². The first-order valence-electron chi connectivity index (χ1n) is 6.75. The van der Waals surface area contributed by atoms with E-state index in [0.717, 1.165) is 16.5 Å². The fourth-order valence-corrected chi connectivity index (χ4v) is 2.16. The van der Waals surface area contributed by atoms with E-state index in [0.29, 0.717) is 12.6 Å². The van der Waals surface area contributed by atoms with Crippen LogP contribution in [0.5, 0.6) is 6.01 Å². The van der Waals surface area contributed by atoms with Crippen LogP contribution < -0.4 is 15.8 Å². The molecule has 112 valence electrons. The highest BCUT2D eigenvalue weighted by Gasteiger charge is 2.10. The zero-order valence-electron chi connectivity index (χ0n) is 12.0. The Balaban J connectivity index is 2.13. The van der Waals surface area contributed by atoms with E-state index >= 15 is 0 Å². The van der Waals surface area contributed by atoms with E-state index in [4.69, 9.17) is 10.5 Å². The van der Waals surface area contributed by atoms with Crippen molar-refractivity contribution in [1.82, 2.24) is 15.0 Å². The first kappa shape index (κ1) is 15.5. The smallest absolute Gasteiger partial charge is 0.323 e. The molecule has 21 heavy (non-hydrogen) atoms. The van der Waals surface area contributed by atoms with Gasteiger partial charge in [-0.3, -0.25) is 0 Å². The monoisotopic (exact) mass is 351 g/mol. The maximum absolute atomic E-state index is 5.68. The largest absolute Gasteiger partial charge is 0.463 e. The van der Waals surface area contributed by atoms with E-state index in [9.17, 15) is 0 Å². The number of halogens is 1. The average Bonchev–Trinajstić information content (AvgIpc) is 2.44. The number of hydrogen-bond donors (Lipinski definition) is 2. The molecule has 1 heterocycles. The summed E-state index contributed by atoms with van der Waals surface area (Å²) < 4.78 is 6.42. The van der Waals surface area contributed by atoms with Crippen LogP contribution >= 0.6 is 15.9 Å². The van der Waals surface area contributed by atoms with Crippen molar-refractivity contribution in [3.8, 4) is 6.01 Å². The summed E-state index contributed by atoms with van der Waals surface area (Å²) >= 11 is 3.46. The molecule has 1 aromatic heterocycles. The molecule has 0 saturated carbocycles. The predicted molar refractivity (Wildman–Crippen MR) is 86.2 cm³/mol. The molecule has 0 radical (unpaired) electrons. The predicted octanol–water partition coefficient (Wildman–Crippen LogP) is 3.18. The van der Waals surface area contributed by atoms with Crippen molar-refractivity contribution in [1.29, 1.82) is 0 Å². The van der Waals surface area contributed by atoms with Crippen LogP contribution in [0.2, 0.25) is 0 Å². The second-order valence-electron chi connectivity index (χ2n) is 4.57. The van der Waals surface area contributed by atoms with Crippen LogP contribution in [0.1, 0.15) is 31.9 Å². The van der Waals surface area contributed by atoms with Crippen molar-refractivity contribution in [2.45, 2.75) is 26.3 Å². The Bertz CT molecular complexity index is 608. The van der Waals surface area contributed by atoms with Gasteiger partial charge in [0.1, 0.15) is 0 Å². The molecule has 6 nitrogen and oxygen atoms in total. The standard InChI is InChI=1S/C14H18BrN5O/c1-3-7-21-14-19-12(16)18-13(20-14)17-9(2)10-5-4-6-11(15)8-10/h4-6,8-9H,3,7H2,1-2H3,(H3,16,17,18,19,20). The molecule has 0 amide bonds. The Morgan fingerprint density at radius 2 is 2.14 bits per heavy atom. The van der Waals surface area contributed by atoms with Crippen LogP contribution in [-0.4, -0.2) is 21.6 Å². The van der Waals surface area contributed by atoms with Gasteiger partial charge in [-0.2, -0.15) is 15.0 Å². The minimum absolute atomic E-state index is 0.0309. The van der Waals surface area contributed by atoms with Crippen molar-refractivity contribution < 1.29 is 4.74 Å². The van der Waals surface area contributed by atoms with Crippen molar-refractivity contribution in [3.63, 3.8) is 0 Å². The summed E-state index contributed by atoms with van der Waals surface area (Å²) in [5.41, 5.74) is 6.79. The highest BCUT2D eigenvalue weighted by Crippen LogP contribution is 2.21. The maximum Gasteiger partial charge on any atom is 0.323 e. The van der Waals surface area contributed by atoms with Gasteiger partial charge in [0.2, 0.25) is 11.9 Å². The van der Waals surface area contributed by atoms with Crippen molar-refractivity contribution in [3.05, 3.63) is 34.3 Å². The first-order chi connectivity index (χ1) is 10.1. The minimum Gasteiger partial charge on any atom is -0.463 e. The summed E-state index contributed by atoms with van der Waals surface area (Å²) in [6.07, 6.45) is 0.878. The Morgan fingerprint density at radius 3 is 2.86 bits per heavy atom. The third kappa shape index (κ3) is 4.56. The normalized spacial score (nSPS) is 12.0. The lowest BCUT2D eigenvalue weighted by molar-refractivity contribution is 0.292. The van der Waals surface area contributed by atoms with Crippen molar-refractivity contribution in [2.24, 2.45) is 0 Å². The molecular formula is C14H18BrN5O. The van der Waals surface area contributed by atoms with Gasteiger partial charge in [-0.15, -0.1) is 0 Å². The maximum atomic E-state index is 5.68. The number of nitrogens with zero attached hydrogens (tertiary/aromatic N) is 3. The number of ether oxygens (including phenoxy) is 1. The van der Waals surface area contributed by atoms with E-state index in [-0.39, 0.29) is 18.0 Å². The van der Waals surface area contributed by atoms with Gasteiger partial charge < -0.3 is 15.8 Å². The molecule has 1 aromatic carbocycles. The average molecular weight is 352 g/mol. The molecule has 2 rings (SSSR count). The molecule has 0 spiro atoms. The Kier molecular flexibility index (Phi) is 5.32. The van der Waals surface area contributed by atoms with Gasteiger partial charge in [0.15, 0.2) is 0 Å². The fourth-order valence-electron chi connectivity index (χ4n) is 1.75. The van der Waals surface area contributed by atoms with E-state index in [1.807, 2.05) is 38.1 Å². The molecule has 0 bridgehead atoms. The molecule has 0 saturated heterocycles. The summed E-state index contributed by atoms with van der Waals surface area (Å²) in [6, 6.07) is 8.30. The van der Waals surface area contributed by atoms with Gasteiger partial charge in [0, 0.05) is 4.47 Å². The van der Waals surface area contributed by atoms with Crippen LogP contribution in [0.3, 0.4) is 0 Å². The van der Waals surface area contributed by atoms with Crippen LogP contribution in [0.25, 0.3) is 0 Å². The van der Waals surface area contributed by atoms with Gasteiger partial charge in [0.05, 0.1) is 12.6 Å². The molecule has 0 aliphatic rings. The van der Waals surface area contributed by atoms with E-state index in [1.54, 1.807) is 0 Å². The van der Waals surface area contributed by atoms with Crippen LogP contribution in [-0.2, 0) is 0 Å². The Morgan fingerprint density at radius 1 is 1.33 bits per heavy atom. The third-order valence-corrected chi connectivity index (χ3v) is 3.26. The number of benzene rings is 1. The zero-order chi connectivity index (χ0) is 15.2. The van der Waals surface area contributed by atoms with Crippen molar-refractivity contribution >= 4 is 27.8 Å². The third-order valence-electron chi connectivity index (χ3n) is 2.76. The Labute approximate surface area is 132 Å². The fraction of sp³-hybridized carbons (Fsp3) is 0.357. The minimum atomic E-state index is 0.0309. The van der Waals surface area contributed by atoms with Gasteiger partial charge in [-0.05, 0) is 31.0 Å². The van der Waals surface area contributed by atoms with Gasteiger partial charge in [0.25, 0.3) is 0 Å². The quantitative estimate of drug-likeness (QED) is 0.831. The molecule has 1 atom stereocenters. The van der Waals surface area contributed by atoms with Gasteiger partial charge >= 0.3 is 6.01 Å². The molecule has 3 N–H and O–H groups in total. The van der Waals surface area contributed by atoms with Crippen LogP contribution in [0, 0.1) is 0 Å². The first-order valence-corrected chi connectivity index (χ1v) is 7.54. The summed E-state index contributed by atoms with van der Waals surface area (Å²) in [4.78, 5) is 12.2. The number of aromatic nitrogens is 3. The molecule has 0 aliphatic heterocycles. The number of anilines is 2. The van der Waals surface area contributed by atoms with Crippen molar-refractivity contribution in [2.75, 3.05) is 17.7 Å². The zero-order valence-corrected chi connectivity index (χ0v) is 13.6. The lowest BCUT2D eigenvalue weighted by Gasteiger charge is -2.15. The van der Waals surface area contributed by atoms with Crippen LogP contribution in [0.4, 0.5) is 11.9 Å². The van der Waals surface area contributed by atoms with E-state index in [1.165, 1.54) is 0 Å². The molecule has 0 aliphatic carbocycles. The SMILES string of the molecule is CCCOc1nc(N)nc(NC(C)c2cccc(Br)c2)n1. The summed E-state index contributed by atoms with van der Waals surface area (Å²) in [5, 5.41) is 3.20. The number of rotatable bonds is 6. The van der Waals surface area contributed by atoms with E-state index in [2.05, 4.69) is 36.2 Å². The molecule has 1 unspecified atom stereocenters. The van der Waals surface area contributed by atoms with Gasteiger partial charge in [-0.1, -0.05) is 35.0 Å². The number of nitrogen functional groups attached to an aromatic ring is 1. The Hall–Kier alpha value is -1.89. The summed E-state index contributed by atoms with van der Waals surface area (Å²) in [5.74, 6) is 0.543. The second kappa shape index (κ2) is 7.21. The lowest BCUT2D eigenvalue weighted by Crippen LogP contribution is -2.12. The summed E-state index contributed by atoms with van der Waals surface area (Å²) in [7, 11) is 0. The number of hydrogen-bond acceptors (Lipinski definition) is 6. The molecule has 0 fully saturated rings.